The molecule has 0 aromatic heterocycles. The minimum Gasteiger partial charge on any atom is -0.459 e. The lowest BCUT2D eigenvalue weighted by Gasteiger charge is -2.22. The van der Waals surface area contributed by atoms with E-state index < -0.39 is 12.1 Å². The highest BCUT2D eigenvalue weighted by atomic mass is 35.5. The van der Waals surface area contributed by atoms with Crippen LogP contribution in [0.15, 0.2) is 0 Å². The van der Waals surface area contributed by atoms with Gasteiger partial charge in [-0.2, -0.15) is 0 Å². The van der Waals surface area contributed by atoms with Gasteiger partial charge in [0.1, 0.15) is 6.10 Å². The number of hydrogen-bond donors (Lipinski definition) is 1. The van der Waals surface area contributed by atoms with Crippen LogP contribution < -0.4 is 0 Å². The van der Waals surface area contributed by atoms with Crippen LogP contribution in [0.25, 0.3) is 0 Å². The lowest BCUT2D eigenvalue weighted by Crippen LogP contribution is -2.32. The maximum atomic E-state index is 11.4. The Morgan fingerprint density at radius 1 is 1.31 bits per heavy atom. The number of aliphatic hydroxyl groups is 1. The average molecular weight is 251 g/mol. The number of halogens is 1. The Labute approximate surface area is 103 Å². The van der Waals surface area contributed by atoms with Crippen molar-refractivity contribution in [3.05, 3.63) is 0 Å². The van der Waals surface area contributed by atoms with Crippen LogP contribution in [0.1, 0.15) is 52.9 Å². The minimum atomic E-state index is -1.02. The number of hydrogen-bond acceptors (Lipinski definition) is 3. The topological polar surface area (TPSA) is 46.5 Å². The third-order valence-electron chi connectivity index (χ3n) is 2.57. The molecule has 0 aliphatic carbocycles. The average Bonchev–Trinajstić information content (AvgIpc) is 2.31. The predicted molar refractivity (Wildman–Crippen MR) is 65.6 cm³/mol. The van der Waals surface area contributed by atoms with Gasteiger partial charge in [0.2, 0.25) is 0 Å². The van der Waals surface area contributed by atoms with Crippen LogP contribution in [-0.2, 0) is 9.53 Å². The molecule has 0 heterocycles. The maximum absolute atomic E-state index is 11.4. The molecule has 96 valence electrons. The Kier molecular flexibility index (Phi) is 8.67. The van der Waals surface area contributed by atoms with E-state index in [-0.39, 0.29) is 11.5 Å². The number of unbranched alkanes of at least 4 members (excludes halogenated alkanes) is 1. The van der Waals surface area contributed by atoms with Crippen molar-refractivity contribution in [2.45, 2.75) is 70.5 Å². The first-order valence-corrected chi connectivity index (χ1v) is 6.52. The van der Waals surface area contributed by atoms with Crippen molar-refractivity contribution in [3.8, 4) is 0 Å². The Morgan fingerprint density at radius 2 is 1.94 bits per heavy atom. The van der Waals surface area contributed by atoms with E-state index in [0.29, 0.717) is 12.8 Å². The molecule has 0 fully saturated rings. The van der Waals surface area contributed by atoms with Crippen LogP contribution >= 0.6 is 11.6 Å². The molecular weight excluding hydrogens is 228 g/mol. The maximum Gasteiger partial charge on any atom is 0.335 e. The van der Waals surface area contributed by atoms with Gasteiger partial charge in [0.15, 0.2) is 6.10 Å². The second-order valence-corrected chi connectivity index (χ2v) is 4.53. The van der Waals surface area contributed by atoms with E-state index in [4.69, 9.17) is 16.3 Å². The molecule has 0 bridgehead atoms. The van der Waals surface area contributed by atoms with Crippen LogP contribution in [0.3, 0.4) is 0 Å². The molecule has 0 aromatic carbocycles. The summed E-state index contributed by atoms with van der Waals surface area (Å²) in [6.45, 7) is 5.76. The quantitative estimate of drug-likeness (QED) is 0.532. The molecule has 0 aromatic rings. The van der Waals surface area contributed by atoms with Crippen LogP contribution in [0.2, 0.25) is 0 Å². The highest BCUT2D eigenvalue weighted by Gasteiger charge is 2.24. The Bertz CT molecular complexity index is 197. The van der Waals surface area contributed by atoms with E-state index in [1.54, 1.807) is 6.92 Å². The highest BCUT2D eigenvalue weighted by Crippen LogP contribution is 2.18. The van der Waals surface area contributed by atoms with Crippen molar-refractivity contribution in [2.24, 2.45) is 0 Å². The molecule has 0 amide bonds. The highest BCUT2D eigenvalue weighted by molar-refractivity contribution is 6.21. The van der Waals surface area contributed by atoms with E-state index in [1.165, 1.54) is 0 Å². The first-order chi connectivity index (χ1) is 7.56. The van der Waals surface area contributed by atoms with Gasteiger partial charge >= 0.3 is 5.97 Å². The lowest BCUT2D eigenvalue weighted by atomic mass is 10.1. The Morgan fingerprint density at radius 3 is 2.38 bits per heavy atom. The van der Waals surface area contributed by atoms with Gasteiger partial charge in [-0.1, -0.05) is 33.6 Å². The molecule has 0 aliphatic rings. The number of carbonyl (C=O) groups excluding carboxylic acids is 1. The number of esters is 1. The standard InChI is InChI=1S/C12H23ClO3/c1-4-7-8-9(13)11(6-3)16-12(15)10(14)5-2/h9-11,14H,4-8H2,1-3H3/t9?,10?,11-/m1/s1. The molecule has 16 heavy (non-hydrogen) atoms. The SMILES string of the molecule is CCCCC(Cl)[C@@H](CC)OC(=O)C(O)CC. The smallest absolute Gasteiger partial charge is 0.335 e. The largest absolute Gasteiger partial charge is 0.459 e. The fourth-order valence-corrected chi connectivity index (χ4v) is 1.78. The Hall–Kier alpha value is -0.280. The molecule has 3 nitrogen and oxygen atoms in total. The van der Waals surface area contributed by atoms with E-state index in [2.05, 4.69) is 6.92 Å². The van der Waals surface area contributed by atoms with Gasteiger partial charge in [0, 0.05) is 0 Å². The molecule has 0 radical (unpaired) electrons. The molecule has 0 rings (SSSR count). The zero-order valence-electron chi connectivity index (χ0n) is 10.4. The zero-order chi connectivity index (χ0) is 12.6. The normalized spacial score (nSPS) is 16.6. The van der Waals surface area contributed by atoms with Gasteiger partial charge in [0.25, 0.3) is 0 Å². The van der Waals surface area contributed by atoms with Crippen LogP contribution in [0, 0.1) is 0 Å². The van der Waals surface area contributed by atoms with E-state index >= 15 is 0 Å². The van der Waals surface area contributed by atoms with Crippen molar-refractivity contribution < 1.29 is 14.6 Å². The first kappa shape index (κ1) is 15.7. The van der Waals surface area contributed by atoms with Crippen molar-refractivity contribution >= 4 is 17.6 Å². The predicted octanol–water partition coefficient (Wildman–Crippen LogP) is 2.88. The number of aliphatic hydroxyl groups excluding tert-OH is 1. The summed E-state index contributed by atoms with van der Waals surface area (Å²) in [6.07, 6.45) is 2.68. The van der Waals surface area contributed by atoms with E-state index in [0.717, 1.165) is 19.3 Å². The first-order valence-electron chi connectivity index (χ1n) is 6.09. The van der Waals surface area contributed by atoms with Gasteiger partial charge in [-0.15, -0.1) is 11.6 Å². The molecule has 2 unspecified atom stereocenters. The van der Waals surface area contributed by atoms with Crippen molar-refractivity contribution in [1.82, 2.24) is 0 Å². The summed E-state index contributed by atoms with van der Waals surface area (Å²) in [5.41, 5.74) is 0. The van der Waals surface area contributed by atoms with Crippen LogP contribution in [0.4, 0.5) is 0 Å². The number of alkyl halides is 1. The summed E-state index contributed by atoms with van der Waals surface area (Å²) in [5.74, 6) is -0.559. The summed E-state index contributed by atoms with van der Waals surface area (Å²) in [5, 5.41) is 9.16. The van der Waals surface area contributed by atoms with Gasteiger partial charge in [-0.05, 0) is 19.3 Å². The number of rotatable bonds is 8. The minimum absolute atomic E-state index is 0.155. The molecule has 0 saturated heterocycles. The monoisotopic (exact) mass is 250 g/mol. The van der Waals surface area contributed by atoms with Gasteiger partial charge in [0.05, 0.1) is 5.38 Å². The van der Waals surface area contributed by atoms with Crippen LogP contribution in [0.5, 0.6) is 0 Å². The molecule has 0 saturated carbocycles. The Balaban J connectivity index is 4.12. The van der Waals surface area contributed by atoms with Crippen molar-refractivity contribution in [1.29, 1.82) is 0 Å². The zero-order valence-corrected chi connectivity index (χ0v) is 11.2. The molecule has 0 aliphatic heterocycles. The lowest BCUT2D eigenvalue weighted by molar-refractivity contribution is -0.159. The third-order valence-corrected chi connectivity index (χ3v) is 3.06. The molecular formula is C12H23ClO3. The summed E-state index contributed by atoms with van der Waals surface area (Å²) in [7, 11) is 0. The molecule has 4 heteroatoms. The molecule has 0 spiro atoms. The van der Waals surface area contributed by atoms with Gasteiger partial charge in [-0.3, -0.25) is 0 Å². The molecule has 3 atom stereocenters. The molecule has 1 N–H and O–H groups in total. The van der Waals surface area contributed by atoms with Crippen molar-refractivity contribution in [2.75, 3.05) is 0 Å². The second-order valence-electron chi connectivity index (χ2n) is 3.97. The second kappa shape index (κ2) is 8.82. The summed E-state index contributed by atoms with van der Waals surface area (Å²) in [6, 6.07) is 0. The van der Waals surface area contributed by atoms with Crippen molar-refractivity contribution in [3.63, 3.8) is 0 Å². The van der Waals surface area contributed by atoms with Crippen LogP contribution in [-0.4, -0.2) is 28.7 Å². The van der Waals surface area contributed by atoms with Gasteiger partial charge < -0.3 is 9.84 Å². The van der Waals surface area contributed by atoms with E-state index in [1.807, 2.05) is 6.92 Å². The number of ether oxygens (including phenoxy) is 1. The number of carbonyl (C=O) groups is 1. The third kappa shape index (κ3) is 5.71. The summed E-state index contributed by atoms with van der Waals surface area (Å²) >= 11 is 6.16. The fraction of sp³-hybridized carbons (Fsp3) is 0.917. The van der Waals surface area contributed by atoms with Gasteiger partial charge in [-0.25, -0.2) is 4.79 Å². The summed E-state index contributed by atoms with van der Waals surface area (Å²) in [4.78, 5) is 11.4. The fourth-order valence-electron chi connectivity index (χ4n) is 1.39. The van der Waals surface area contributed by atoms with E-state index in [9.17, 15) is 9.90 Å². The summed E-state index contributed by atoms with van der Waals surface area (Å²) < 4.78 is 5.19.